The van der Waals surface area contributed by atoms with Gasteiger partial charge < -0.3 is 20.1 Å². The lowest BCUT2D eigenvalue weighted by molar-refractivity contribution is -0.115. The van der Waals surface area contributed by atoms with Crippen molar-refractivity contribution in [3.05, 3.63) is 0 Å². The van der Waals surface area contributed by atoms with Crippen molar-refractivity contribution in [1.82, 2.24) is 10.2 Å². The zero-order valence-electron chi connectivity index (χ0n) is 12.7. The standard InChI is InChI=1S/C15H30N2O2/c1-4-19-14-9-13(15(14,2)3)16-10-12(18)11-17-7-5-6-8-17/h12-14,16,18H,4-11H2,1-3H3. The quantitative estimate of drug-likeness (QED) is 0.730. The molecule has 3 atom stereocenters. The molecule has 112 valence electrons. The van der Waals surface area contributed by atoms with E-state index >= 15 is 0 Å². The lowest BCUT2D eigenvalue weighted by Gasteiger charge is -2.52. The topological polar surface area (TPSA) is 44.7 Å². The molecule has 1 heterocycles. The van der Waals surface area contributed by atoms with Crippen molar-refractivity contribution in [2.75, 3.05) is 32.8 Å². The van der Waals surface area contributed by atoms with E-state index in [0.717, 1.165) is 32.7 Å². The predicted octanol–water partition coefficient (Wildman–Crippen LogP) is 1.24. The lowest BCUT2D eigenvalue weighted by atomic mass is 9.64. The number of nitrogens with one attached hydrogen (secondary N) is 1. The number of likely N-dealkylation sites (tertiary alicyclic amines) is 1. The van der Waals surface area contributed by atoms with Crippen molar-refractivity contribution >= 4 is 0 Å². The van der Waals surface area contributed by atoms with Gasteiger partial charge in [0, 0.05) is 31.2 Å². The van der Waals surface area contributed by atoms with Crippen molar-refractivity contribution in [2.45, 2.75) is 58.3 Å². The summed E-state index contributed by atoms with van der Waals surface area (Å²) in [6, 6.07) is 0.470. The van der Waals surface area contributed by atoms with Crippen LogP contribution in [0.15, 0.2) is 0 Å². The Kier molecular flexibility index (Phi) is 5.23. The van der Waals surface area contributed by atoms with Gasteiger partial charge in [-0.1, -0.05) is 13.8 Å². The van der Waals surface area contributed by atoms with E-state index in [1.807, 2.05) is 0 Å². The van der Waals surface area contributed by atoms with Crippen molar-refractivity contribution in [1.29, 1.82) is 0 Å². The lowest BCUT2D eigenvalue weighted by Crippen LogP contribution is -2.62. The van der Waals surface area contributed by atoms with E-state index in [1.165, 1.54) is 12.8 Å². The van der Waals surface area contributed by atoms with Gasteiger partial charge in [0.15, 0.2) is 0 Å². The Labute approximate surface area is 117 Å². The summed E-state index contributed by atoms with van der Waals surface area (Å²) in [4.78, 5) is 2.36. The van der Waals surface area contributed by atoms with E-state index in [4.69, 9.17) is 4.74 Å². The van der Waals surface area contributed by atoms with Gasteiger partial charge >= 0.3 is 0 Å². The van der Waals surface area contributed by atoms with Crippen LogP contribution >= 0.6 is 0 Å². The van der Waals surface area contributed by atoms with E-state index < -0.39 is 0 Å². The first-order valence-electron chi connectivity index (χ1n) is 7.79. The maximum atomic E-state index is 10.1. The Morgan fingerprint density at radius 1 is 1.37 bits per heavy atom. The zero-order valence-corrected chi connectivity index (χ0v) is 12.7. The molecule has 2 N–H and O–H groups in total. The Hall–Kier alpha value is -0.160. The van der Waals surface area contributed by atoms with Crippen LogP contribution in [0, 0.1) is 5.41 Å². The molecular weight excluding hydrogens is 240 g/mol. The number of nitrogens with zero attached hydrogens (tertiary/aromatic N) is 1. The van der Waals surface area contributed by atoms with Crippen LogP contribution in [0.4, 0.5) is 0 Å². The molecule has 1 aliphatic carbocycles. The molecule has 0 spiro atoms. The summed E-state index contributed by atoms with van der Waals surface area (Å²) in [5, 5.41) is 13.6. The molecule has 0 aromatic heterocycles. The summed E-state index contributed by atoms with van der Waals surface area (Å²) in [7, 11) is 0. The van der Waals surface area contributed by atoms with Crippen molar-refractivity contribution in [2.24, 2.45) is 5.41 Å². The first-order chi connectivity index (χ1) is 9.04. The average molecular weight is 270 g/mol. The Morgan fingerprint density at radius 2 is 2.05 bits per heavy atom. The predicted molar refractivity (Wildman–Crippen MR) is 77.3 cm³/mol. The van der Waals surface area contributed by atoms with Gasteiger partial charge in [0.1, 0.15) is 0 Å². The second kappa shape index (κ2) is 6.53. The molecule has 0 aromatic carbocycles. The van der Waals surface area contributed by atoms with Crippen molar-refractivity contribution < 1.29 is 9.84 Å². The summed E-state index contributed by atoms with van der Waals surface area (Å²) in [5.74, 6) is 0. The highest BCUT2D eigenvalue weighted by atomic mass is 16.5. The van der Waals surface area contributed by atoms with E-state index in [-0.39, 0.29) is 11.5 Å². The molecule has 0 bridgehead atoms. The number of aliphatic hydroxyl groups excluding tert-OH is 1. The van der Waals surface area contributed by atoms with Crippen LogP contribution in [0.25, 0.3) is 0 Å². The largest absolute Gasteiger partial charge is 0.390 e. The van der Waals surface area contributed by atoms with Gasteiger partial charge in [-0.05, 0) is 39.3 Å². The van der Waals surface area contributed by atoms with Crippen LogP contribution in [0.1, 0.15) is 40.0 Å². The van der Waals surface area contributed by atoms with Crippen LogP contribution in [0.5, 0.6) is 0 Å². The molecule has 1 aliphatic heterocycles. The second-order valence-corrected chi connectivity index (χ2v) is 6.62. The Bertz CT molecular complexity index is 277. The molecule has 0 aromatic rings. The van der Waals surface area contributed by atoms with E-state index in [0.29, 0.717) is 18.7 Å². The molecule has 19 heavy (non-hydrogen) atoms. The summed E-state index contributed by atoms with van der Waals surface area (Å²) < 4.78 is 5.73. The van der Waals surface area contributed by atoms with Gasteiger partial charge in [0.2, 0.25) is 0 Å². The molecule has 0 radical (unpaired) electrons. The molecule has 2 rings (SSSR count). The van der Waals surface area contributed by atoms with E-state index in [2.05, 4.69) is 31.0 Å². The first-order valence-corrected chi connectivity index (χ1v) is 7.79. The fourth-order valence-electron chi connectivity index (χ4n) is 3.32. The van der Waals surface area contributed by atoms with E-state index in [1.54, 1.807) is 0 Å². The van der Waals surface area contributed by atoms with Gasteiger partial charge in [-0.2, -0.15) is 0 Å². The number of β-amino-alcohol motifs (C(OH)–C–C–N with tert-alkyl or cyclic N) is 1. The minimum Gasteiger partial charge on any atom is -0.390 e. The zero-order chi connectivity index (χ0) is 13.9. The number of ether oxygens (including phenoxy) is 1. The number of hydrogen-bond acceptors (Lipinski definition) is 4. The number of aliphatic hydroxyl groups is 1. The number of rotatable bonds is 7. The molecule has 4 heteroatoms. The van der Waals surface area contributed by atoms with Crippen LogP contribution in [-0.2, 0) is 4.74 Å². The monoisotopic (exact) mass is 270 g/mol. The van der Waals surface area contributed by atoms with Crippen LogP contribution in [-0.4, -0.2) is 61.0 Å². The normalized spacial score (nSPS) is 32.2. The fraction of sp³-hybridized carbons (Fsp3) is 1.00. The Morgan fingerprint density at radius 3 is 2.63 bits per heavy atom. The van der Waals surface area contributed by atoms with Gasteiger partial charge in [-0.3, -0.25) is 0 Å². The molecule has 3 unspecified atom stereocenters. The third-order valence-electron chi connectivity index (χ3n) is 4.81. The summed E-state index contributed by atoms with van der Waals surface area (Å²) in [6.45, 7) is 11.2. The maximum absolute atomic E-state index is 10.1. The molecule has 1 saturated carbocycles. The van der Waals surface area contributed by atoms with E-state index in [9.17, 15) is 5.11 Å². The molecule has 4 nitrogen and oxygen atoms in total. The average Bonchev–Trinajstić information content (AvgIpc) is 2.85. The number of hydrogen-bond donors (Lipinski definition) is 2. The third kappa shape index (κ3) is 3.69. The fourth-order valence-corrected chi connectivity index (χ4v) is 3.32. The smallest absolute Gasteiger partial charge is 0.0791 e. The summed E-state index contributed by atoms with van der Waals surface area (Å²) in [6.07, 6.45) is 3.75. The van der Waals surface area contributed by atoms with Gasteiger partial charge in [0.05, 0.1) is 12.2 Å². The molecule has 0 amide bonds. The molecule has 1 saturated heterocycles. The highest BCUT2D eigenvalue weighted by Gasteiger charge is 2.48. The molecular formula is C15H30N2O2. The van der Waals surface area contributed by atoms with Crippen molar-refractivity contribution in [3.8, 4) is 0 Å². The first kappa shape index (κ1) is 15.2. The van der Waals surface area contributed by atoms with Crippen LogP contribution < -0.4 is 5.32 Å². The van der Waals surface area contributed by atoms with Gasteiger partial charge in [0.25, 0.3) is 0 Å². The highest BCUT2D eigenvalue weighted by molar-refractivity contribution is 5.02. The minimum absolute atomic E-state index is 0.184. The summed E-state index contributed by atoms with van der Waals surface area (Å²) >= 11 is 0. The second-order valence-electron chi connectivity index (χ2n) is 6.62. The van der Waals surface area contributed by atoms with Crippen LogP contribution in [0.3, 0.4) is 0 Å². The van der Waals surface area contributed by atoms with Crippen LogP contribution in [0.2, 0.25) is 0 Å². The highest BCUT2D eigenvalue weighted by Crippen LogP contribution is 2.42. The third-order valence-corrected chi connectivity index (χ3v) is 4.81. The molecule has 2 aliphatic rings. The minimum atomic E-state index is -0.250. The summed E-state index contributed by atoms with van der Waals surface area (Å²) in [5.41, 5.74) is 0.184. The van der Waals surface area contributed by atoms with Gasteiger partial charge in [-0.25, -0.2) is 0 Å². The van der Waals surface area contributed by atoms with Crippen molar-refractivity contribution in [3.63, 3.8) is 0 Å². The Balaban J connectivity index is 1.65. The van der Waals surface area contributed by atoms with Gasteiger partial charge in [-0.15, -0.1) is 0 Å². The molecule has 2 fully saturated rings. The SMILES string of the molecule is CCOC1CC(NCC(O)CN2CCCC2)C1(C)C. The maximum Gasteiger partial charge on any atom is 0.0791 e.